The van der Waals surface area contributed by atoms with Crippen LogP contribution in [0.5, 0.6) is 5.75 Å². The Kier molecular flexibility index (Phi) is 7.93. The third-order valence-corrected chi connectivity index (χ3v) is 5.22. The molecule has 2 rings (SSSR count). The van der Waals surface area contributed by atoms with Crippen molar-refractivity contribution >= 4 is 29.4 Å². The summed E-state index contributed by atoms with van der Waals surface area (Å²) in [6.45, 7) is 10.7. The Bertz CT molecular complexity index is 1130. The summed E-state index contributed by atoms with van der Waals surface area (Å²) in [4.78, 5) is 24.9. The zero-order chi connectivity index (χ0) is 26.1. The van der Waals surface area contributed by atoms with Gasteiger partial charge in [-0.15, -0.1) is 0 Å². The molecule has 0 saturated heterocycles. The third-order valence-electron chi connectivity index (χ3n) is 4.75. The van der Waals surface area contributed by atoms with Gasteiger partial charge in [0.15, 0.2) is 11.4 Å². The van der Waals surface area contributed by atoms with Crippen LogP contribution in [0, 0.1) is 12.7 Å². The van der Waals surface area contributed by atoms with Gasteiger partial charge < -0.3 is 9.47 Å². The number of allylic oxidation sites excluding steroid dienone is 1. The molecule has 0 saturated carbocycles. The average molecular weight is 497 g/mol. The van der Waals surface area contributed by atoms with E-state index in [-0.39, 0.29) is 16.3 Å². The second-order valence-corrected chi connectivity index (χ2v) is 9.90. The van der Waals surface area contributed by atoms with Gasteiger partial charge in [-0.1, -0.05) is 23.7 Å². The number of hydrogen-bond acceptors (Lipinski definition) is 4. The monoisotopic (exact) mass is 496 g/mol. The van der Waals surface area contributed by atoms with Crippen LogP contribution in [0.25, 0.3) is 6.08 Å². The summed E-state index contributed by atoms with van der Waals surface area (Å²) in [5, 5.41) is 0.227. The molecule has 0 unspecified atom stereocenters. The van der Waals surface area contributed by atoms with Gasteiger partial charge in [0.2, 0.25) is 0 Å². The molecule has 0 amide bonds. The maximum atomic E-state index is 13.8. The van der Waals surface area contributed by atoms with Crippen molar-refractivity contribution in [2.24, 2.45) is 0 Å². The van der Waals surface area contributed by atoms with Gasteiger partial charge in [0, 0.05) is 18.1 Å². The normalized spacial score (nSPS) is 12.7. The highest BCUT2D eigenvalue weighted by Crippen LogP contribution is 2.34. The first-order valence-corrected chi connectivity index (χ1v) is 10.9. The molecule has 34 heavy (non-hydrogen) atoms. The molecule has 0 radical (unpaired) electrons. The summed E-state index contributed by atoms with van der Waals surface area (Å²) >= 11 is 6.44. The van der Waals surface area contributed by atoms with Gasteiger partial charge in [0.05, 0.1) is 5.02 Å². The van der Waals surface area contributed by atoms with Crippen molar-refractivity contribution < 1.29 is 32.2 Å². The predicted octanol–water partition coefficient (Wildman–Crippen LogP) is 7.29. The van der Waals surface area contributed by atoms with Crippen LogP contribution in [0.4, 0.5) is 13.2 Å². The van der Waals surface area contributed by atoms with E-state index in [4.69, 9.17) is 21.1 Å². The first-order chi connectivity index (χ1) is 15.4. The van der Waals surface area contributed by atoms with E-state index in [0.717, 1.165) is 18.2 Å². The number of benzene rings is 2. The molecule has 2 aromatic rings. The summed E-state index contributed by atoms with van der Waals surface area (Å²) in [7, 11) is 0. The lowest BCUT2D eigenvalue weighted by molar-refractivity contribution is -0.170. The van der Waals surface area contributed by atoms with Crippen molar-refractivity contribution in [3.05, 3.63) is 69.5 Å². The number of carbonyl (C=O) groups excluding carboxylic acids is 2. The highest BCUT2D eigenvalue weighted by atomic mass is 35.5. The molecule has 0 bridgehead atoms. The van der Waals surface area contributed by atoms with Gasteiger partial charge in [-0.3, -0.25) is 4.79 Å². The molecule has 0 fully saturated rings. The summed E-state index contributed by atoms with van der Waals surface area (Å²) in [6, 6.07) is 5.73. The van der Waals surface area contributed by atoms with Crippen molar-refractivity contribution in [3.8, 4) is 5.75 Å². The molecule has 0 spiro atoms. The first-order valence-electron chi connectivity index (χ1n) is 10.5. The van der Waals surface area contributed by atoms with Crippen molar-refractivity contribution in [2.45, 2.75) is 65.6 Å². The Balaban J connectivity index is 2.26. The fraction of sp³-hybridized carbons (Fsp3) is 0.385. The first kappa shape index (κ1) is 27.4. The quantitative estimate of drug-likeness (QED) is 0.229. The zero-order valence-electron chi connectivity index (χ0n) is 20.2. The minimum atomic E-state index is -3.28. The number of carbonyl (C=O) groups is 2. The van der Waals surface area contributed by atoms with Gasteiger partial charge in [0.25, 0.3) is 5.92 Å². The lowest BCUT2D eigenvalue weighted by Crippen LogP contribution is -2.43. The van der Waals surface area contributed by atoms with E-state index < -0.39 is 40.3 Å². The Hall–Kier alpha value is -2.80. The molecule has 0 aliphatic carbocycles. The van der Waals surface area contributed by atoms with E-state index in [1.807, 2.05) is 0 Å². The van der Waals surface area contributed by atoms with E-state index in [1.54, 1.807) is 53.7 Å². The molecule has 0 aliphatic heterocycles. The SMILES string of the molecule is Cc1c(/C=C/C(=O)c2cc(F)cc(C(C)(F)F)c2)ccc(OC(C)(C)C(=O)OC(C)(C)C)c1Cl. The van der Waals surface area contributed by atoms with Gasteiger partial charge in [-0.05, 0) is 83.0 Å². The number of rotatable bonds is 7. The highest BCUT2D eigenvalue weighted by molar-refractivity contribution is 6.33. The summed E-state index contributed by atoms with van der Waals surface area (Å²) in [5.41, 5.74) is -1.67. The largest absolute Gasteiger partial charge is 0.475 e. The molecular formula is C26H28ClF3O4. The van der Waals surface area contributed by atoms with E-state index in [0.29, 0.717) is 24.1 Å². The zero-order valence-corrected chi connectivity index (χ0v) is 20.9. The van der Waals surface area contributed by atoms with Gasteiger partial charge >= 0.3 is 5.97 Å². The van der Waals surface area contributed by atoms with Crippen LogP contribution in [-0.4, -0.2) is 23.0 Å². The Morgan fingerprint density at radius 3 is 2.18 bits per heavy atom. The van der Waals surface area contributed by atoms with Crippen LogP contribution in [0.1, 0.15) is 68.6 Å². The molecule has 0 atom stereocenters. The number of esters is 1. The number of alkyl halides is 2. The topological polar surface area (TPSA) is 52.6 Å². The second kappa shape index (κ2) is 9.82. The Morgan fingerprint density at radius 1 is 1.00 bits per heavy atom. The second-order valence-electron chi connectivity index (χ2n) is 9.52. The third kappa shape index (κ3) is 7.10. The fourth-order valence-electron chi connectivity index (χ4n) is 2.90. The molecule has 0 heterocycles. The van der Waals surface area contributed by atoms with Crippen molar-refractivity contribution in [1.29, 1.82) is 0 Å². The minimum absolute atomic E-state index is 0.199. The van der Waals surface area contributed by atoms with Gasteiger partial charge in [-0.25, -0.2) is 18.0 Å². The van der Waals surface area contributed by atoms with Crippen molar-refractivity contribution in [1.82, 2.24) is 0 Å². The van der Waals surface area contributed by atoms with E-state index >= 15 is 0 Å². The minimum Gasteiger partial charge on any atom is -0.475 e. The number of ketones is 1. The highest BCUT2D eigenvalue weighted by Gasteiger charge is 2.35. The molecule has 0 aromatic heterocycles. The molecule has 4 nitrogen and oxygen atoms in total. The molecular weight excluding hydrogens is 469 g/mol. The fourth-order valence-corrected chi connectivity index (χ4v) is 3.11. The van der Waals surface area contributed by atoms with Crippen LogP contribution in [0.3, 0.4) is 0 Å². The molecule has 8 heteroatoms. The van der Waals surface area contributed by atoms with E-state index in [9.17, 15) is 22.8 Å². The maximum Gasteiger partial charge on any atom is 0.350 e. The Labute approximate surface area is 202 Å². The van der Waals surface area contributed by atoms with E-state index in [1.165, 1.54) is 6.08 Å². The number of hydrogen-bond donors (Lipinski definition) is 0. The van der Waals surface area contributed by atoms with Crippen LogP contribution >= 0.6 is 11.6 Å². The standard InChI is InChI=1S/C26H28ClF3O4/c1-15-16(8-10-20(31)17-12-18(26(7,29)30)14-19(28)13-17)9-11-21(22(15)27)33-25(5,6)23(32)34-24(2,3)4/h8-14H,1-7H3/b10-8+. The molecule has 0 N–H and O–H groups in total. The van der Waals surface area contributed by atoms with Gasteiger partial charge in [-0.2, -0.15) is 0 Å². The summed E-state index contributed by atoms with van der Waals surface area (Å²) < 4.78 is 52.1. The van der Waals surface area contributed by atoms with Crippen LogP contribution < -0.4 is 4.74 Å². The lowest BCUT2D eigenvalue weighted by Gasteiger charge is -2.29. The summed E-state index contributed by atoms with van der Waals surface area (Å²) in [6.07, 6.45) is 2.59. The van der Waals surface area contributed by atoms with E-state index in [2.05, 4.69) is 0 Å². The smallest absolute Gasteiger partial charge is 0.350 e. The number of ether oxygens (including phenoxy) is 2. The predicted molar refractivity (Wildman–Crippen MR) is 126 cm³/mol. The van der Waals surface area contributed by atoms with Crippen LogP contribution in [0.15, 0.2) is 36.4 Å². The van der Waals surface area contributed by atoms with Gasteiger partial charge in [0.1, 0.15) is 17.2 Å². The lowest BCUT2D eigenvalue weighted by atomic mass is 10.0. The maximum absolute atomic E-state index is 13.8. The van der Waals surface area contributed by atoms with Crippen molar-refractivity contribution in [3.63, 3.8) is 0 Å². The van der Waals surface area contributed by atoms with Crippen LogP contribution in [0.2, 0.25) is 5.02 Å². The Morgan fingerprint density at radius 2 is 1.62 bits per heavy atom. The number of halogens is 4. The summed E-state index contributed by atoms with van der Waals surface area (Å²) in [5.74, 6) is -5.17. The molecule has 2 aromatic carbocycles. The molecule has 0 aliphatic rings. The van der Waals surface area contributed by atoms with Crippen molar-refractivity contribution in [2.75, 3.05) is 0 Å². The molecule has 184 valence electrons. The average Bonchev–Trinajstić information content (AvgIpc) is 2.68. The van der Waals surface area contributed by atoms with Crippen LogP contribution in [-0.2, 0) is 15.5 Å².